The highest BCUT2D eigenvalue weighted by molar-refractivity contribution is 5.91. The van der Waals surface area contributed by atoms with Crippen LogP contribution in [-0.2, 0) is 10.2 Å². The van der Waals surface area contributed by atoms with Crippen LogP contribution in [-0.4, -0.2) is 29.1 Å². The van der Waals surface area contributed by atoms with Crippen LogP contribution < -0.4 is 0 Å². The Labute approximate surface area is 140 Å². The van der Waals surface area contributed by atoms with Gasteiger partial charge in [0.2, 0.25) is 5.91 Å². The summed E-state index contributed by atoms with van der Waals surface area (Å²) in [5.41, 5.74) is 0.476. The molecule has 0 spiro atoms. The van der Waals surface area contributed by atoms with Crippen molar-refractivity contribution in [1.29, 1.82) is 0 Å². The molecular weight excluding hydrogens is 307 g/mol. The lowest BCUT2D eigenvalue weighted by Gasteiger charge is -2.32. The molecule has 2 fully saturated rings. The molecule has 0 bridgehead atoms. The van der Waals surface area contributed by atoms with Crippen molar-refractivity contribution < 1.29 is 13.7 Å². The SMILES string of the molecule is CC1CCN(C(=O)C2(c3cc(-c4ccccc4F)on3)CC2)CC1. The second-order valence-corrected chi connectivity index (χ2v) is 7.11. The minimum Gasteiger partial charge on any atom is -0.356 e. The van der Waals surface area contributed by atoms with Gasteiger partial charge in [-0.15, -0.1) is 0 Å². The summed E-state index contributed by atoms with van der Waals surface area (Å²) in [4.78, 5) is 14.9. The number of amides is 1. The van der Waals surface area contributed by atoms with E-state index in [1.807, 2.05) is 4.90 Å². The average Bonchev–Trinajstić information content (AvgIpc) is 3.26. The van der Waals surface area contributed by atoms with Gasteiger partial charge in [-0.2, -0.15) is 0 Å². The minimum absolute atomic E-state index is 0.155. The molecule has 126 valence electrons. The van der Waals surface area contributed by atoms with Crippen molar-refractivity contribution in [2.75, 3.05) is 13.1 Å². The second kappa shape index (κ2) is 5.72. The summed E-state index contributed by atoms with van der Waals surface area (Å²) in [7, 11) is 0. The summed E-state index contributed by atoms with van der Waals surface area (Å²) in [6.45, 7) is 3.87. The number of halogens is 1. The van der Waals surface area contributed by atoms with Gasteiger partial charge in [0, 0.05) is 19.2 Å². The van der Waals surface area contributed by atoms with Crippen LogP contribution in [0.3, 0.4) is 0 Å². The third-order valence-electron chi connectivity index (χ3n) is 5.37. The molecule has 0 atom stereocenters. The summed E-state index contributed by atoms with van der Waals surface area (Å²) in [6.07, 6.45) is 3.70. The van der Waals surface area contributed by atoms with E-state index in [1.54, 1.807) is 24.3 Å². The number of carbonyl (C=O) groups is 1. The Hall–Kier alpha value is -2.17. The molecule has 5 heteroatoms. The van der Waals surface area contributed by atoms with Crippen molar-refractivity contribution in [3.05, 3.63) is 41.8 Å². The van der Waals surface area contributed by atoms with Gasteiger partial charge in [0.25, 0.3) is 0 Å². The number of hydrogen-bond acceptors (Lipinski definition) is 3. The summed E-state index contributed by atoms with van der Waals surface area (Å²) in [5, 5.41) is 4.11. The number of hydrogen-bond donors (Lipinski definition) is 0. The molecule has 4 rings (SSSR count). The van der Waals surface area contributed by atoms with Crippen LogP contribution in [0, 0.1) is 11.7 Å². The molecule has 1 amide bonds. The number of benzene rings is 1. The molecule has 0 N–H and O–H groups in total. The van der Waals surface area contributed by atoms with E-state index in [-0.39, 0.29) is 11.7 Å². The van der Waals surface area contributed by atoms with Gasteiger partial charge in [0.15, 0.2) is 5.76 Å². The van der Waals surface area contributed by atoms with E-state index in [0.717, 1.165) is 38.8 Å². The van der Waals surface area contributed by atoms with Gasteiger partial charge in [-0.1, -0.05) is 24.2 Å². The Morgan fingerprint density at radius 3 is 2.67 bits per heavy atom. The fourth-order valence-corrected chi connectivity index (χ4v) is 3.51. The van der Waals surface area contributed by atoms with Crippen molar-refractivity contribution in [3.8, 4) is 11.3 Å². The normalized spacial score (nSPS) is 20.2. The van der Waals surface area contributed by atoms with E-state index in [1.165, 1.54) is 6.07 Å². The third-order valence-corrected chi connectivity index (χ3v) is 5.37. The first-order chi connectivity index (χ1) is 11.6. The van der Waals surface area contributed by atoms with E-state index >= 15 is 0 Å². The van der Waals surface area contributed by atoms with Crippen LogP contribution >= 0.6 is 0 Å². The number of likely N-dealkylation sites (tertiary alicyclic amines) is 1. The zero-order chi connectivity index (χ0) is 16.7. The number of carbonyl (C=O) groups excluding carboxylic acids is 1. The van der Waals surface area contributed by atoms with Crippen molar-refractivity contribution in [2.24, 2.45) is 5.92 Å². The van der Waals surface area contributed by atoms with Gasteiger partial charge in [-0.05, 0) is 43.7 Å². The molecule has 1 aromatic heterocycles. The first-order valence-electron chi connectivity index (χ1n) is 8.62. The predicted octanol–water partition coefficient (Wildman–Crippen LogP) is 3.77. The van der Waals surface area contributed by atoms with Crippen molar-refractivity contribution in [1.82, 2.24) is 10.1 Å². The zero-order valence-electron chi connectivity index (χ0n) is 13.8. The molecule has 1 saturated heterocycles. The Morgan fingerprint density at radius 1 is 1.29 bits per heavy atom. The second-order valence-electron chi connectivity index (χ2n) is 7.11. The first kappa shape index (κ1) is 15.4. The van der Waals surface area contributed by atoms with Gasteiger partial charge in [0.05, 0.1) is 16.7 Å². The van der Waals surface area contributed by atoms with E-state index in [9.17, 15) is 9.18 Å². The smallest absolute Gasteiger partial charge is 0.234 e. The number of rotatable bonds is 3. The predicted molar refractivity (Wildman–Crippen MR) is 87.8 cm³/mol. The molecule has 1 aromatic carbocycles. The van der Waals surface area contributed by atoms with E-state index in [2.05, 4.69) is 12.1 Å². The molecule has 0 radical (unpaired) electrons. The highest BCUT2D eigenvalue weighted by Crippen LogP contribution is 2.50. The molecule has 1 saturated carbocycles. The van der Waals surface area contributed by atoms with Gasteiger partial charge >= 0.3 is 0 Å². The van der Waals surface area contributed by atoms with Crippen molar-refractivity contribution in [2.45, 2.75) is 38.0 Å². The molecular formula is C19H21FN2O2. The third kappa shape index (κ3) is 2.52. The Kier molecular flexibility index (Phi) is 3.66. The van der Waals surface area contributed by atoms with Gasteiger partial charge in [-0.3, -0.25) is 4.79 Å². The van der Waals surface area contributed by atoms with Crippen LogP contribution in [0.15, 0.2) is 34.9 Å². The fraction of sp³-hybridized carbons (Fsp3) is 0.474. The van der Waals surface area contributed by atoms with Gasteiger partial charge in [-0.25, -0.2) is 4.39 Å². The number of aromatic nitrogens is 1. The minimum atomic E-state index is -0.548. The topological polar surface area (TPSA) is 46.3 Å². The van der Waals surface area contributed by atoms with E-state index in [0.29, 0.717) is 22.9 Å². The van der Waals surface area contributed by atoms with E-state index < -0.39 is 5.41 Å². The number of nitrogens with zero attached hydrogens (tertiary/aromatic N) is 2. The lowest BCUT2D eigenvalue weighted by atomic mass is 9.95. The maximum absolute atomic E-state index is 13.9. The summed E-state index contributed by atoms with van der Waals surface area (Å²) in [5.74, 6) is 0.877. The Bertz CT molecular complexity index is 758. The average molecular weight is 328 g/mol. The maximum Gasteiger partial charge on any atom is 0.234 e. The standard InChI is InChI=1S/C19H21FN2O2/c1-13-6-10-22(11-7-13)18(23)19(8-9-19)17-12-16(24-21-17)14-4-2-3-5-15(14)20/h2-5,12-13H,6-11H2,1H3. The Balaban J connectivity index is 1.58. The van der Waals surface area contributed by atoms with Crippen molar-refractivity contribution in [3.63, 3.8) is 0 Å². The highest BCUT2D eigenvalue weighted by atomic mass is 19.1. The van der Waals surface area contributed by atoms with E-state index in [4.69, 9.17) is 4.52 Å². The molecule has 1 aliphatic heterocycles. The molecule has 24 heavy (non-hydrogen) atoms. The molecule has 2 aromatic rings. The lowest BCUT2D eigenvalue weighted by molar-refractivity contribution is -0.135. The van der Waals surface area contributed by atoms with Crippen LogP contribution in [0.2, 0.25) is 0 Å². The first-order valence-corrected chi connectivity index (χ1v) is 8.62. The monoisotopic (exact) mass is 328 g/mol. The van der Waals surface area contributed by atoms with Crippen LogP contribution in [0.25, 0.3) is 11.3 Å². The number of piperidine rings is 1. The molecule has 0 unspecified atom stereocenters. The fourth-order valence-electron chi connectivity index (χ4n) is 3.51. The molecule has 4 nitrogen and oxygen atoms in total. The zero-order valence-corrected chi connectivity index (χ0v) is 13.8. The molecule has 1 aliphatic carbocycles. The molecule has 2 heterocycles. The van der Waals surface area contributed by atoms with Gasteiger partial charge in [0.1, 0.15) is 5.82 Å². The van der Waals surface area contributed by atoms with Gasteiger partial charge < -0.3 is 9.42 Å². The van der Waals surface area contributed by atoms with Crippen LogP contribution in [0.4, 0.5) is 4.39 Å². The lowest BCUT2D eigenvalue weighted by Crippen LogP contribution is -2.43. The summed E-state index contributed by atoms with van der Waals surface area (Å²) >= 11 is 0. The van der Waals surface area contributed by atoms with Crippen LogP contribution in [0.5, 0.6) is 0 Å². The van der Waals surface area contributed by atoms with Crippen LogP contribution in [0.1, 0.15) is 38.3 Å². The summed E-state index contributed by atoms with van der Waals surface area (Å²) in [6, 6.07) is 8.18. The quantitative estimate of drug-likeness (QED) is 0.861. The molecule has 2 aliphatic rings. The Morgan fingerprint density at radius 2 is 2.00 bits per heavy atom. The highest BCUT2D eigenvalue weighted by Gasteiger charge is 2.55. The largest absolute Gasteiger partial charge is 0.356 e. The van der Waals surface area contributed by atoms with Crippen molar-refractivity contribution >= 4 is 5.91 Å². The summed E-state index contributed by atoms with van der Waals surface area (Å²) < 4.78 is 19.3. The maximum atomic E-state index is 13.9.